The Hall–Kier alpha value is -2.80. The molecule has 4 rings (SSSR count). The standard InChI is InChI=1S/C18H15F2N3O2/c1-18(19,20)11-6-8-12(9-7-11)21-14-5-3-2-4-13(14)16-22-23-17(25-16)15-10-24-15/h2-9,15,21H,10H2,1H3. The summed E-state index contributed by atoms with van der Waals surface area (Å²) in [6.45, 7) is 1.47. The predicted octanol–water partition coefficient (Wildman–Crippen LogP) is 4.66. The fourth-order valence-corrected chi connectivity index (χ4v) is 2.44. The second kappa shape index (κ2) is 5.93. The molecule has 1 aliphatic rings. The van der Waals surface area contributed by atoms with Gasteiger partial charge in [-0.25, -0.2) is 8.78 Å². The minimum absolute atomic E-state index is 0.0303. The molecule has 1 N–H and O–H groups in total. The number of hydrogen-bond acceptors (Lipinski definition) is 5. The Kier molecular flexibility index (Phi) is 3.73. The summed E-state index contributed by atoms with van der Waals surface area (Å²) in [5.74, 6) is -2.02. The molecule has 2 heterocycles. The molecule has 1 saturated heterocycles. The van der Waals surface area contributed by atoms with Crippen molar-refractivity contribution in [3.8, 4) is 11.5 Å². The quantitative estimate of drug-likeness (QED) is 0.683. The van der Waals surface area contributed by atoms with E-state index in [4.69, 9.17) is 9.15 Å². The number of halogens is 2. The summed E-state index contributed by atoms with van der Waals surface area (Å²) < 4.78 is 37.4. The maximum absolute atomic E-state index is 13.3. The molecule has 0 bridgehead atoms. The highest BCUT2D eigenvalue weighted by atomic mass is 19.3. The maximum atomic E-state index is 13.3. The first-order valence-corrected chi connectivity index (χ1v) is 7.80. The van der Waals surface area contributed by atoms with Gasteiger partial charge in [-0.3, -0.25) is 0 Å². The van der Waals surface area contributed by atoms with E-state index in [1.165, 1.54) is 12.1 Å². The van der Waals surface area contributed by atoms with Crippen LogP contribution in [0.15, 0.2) is 52.9 Å². The van der Waals surface area contributed by atoms with Crippen LogP contribution in [0, 0.1) is 0 Å². The van der Waals surface area contributed by atoms with Crippen molar-refractivity contribution in [2.24, 2.45) is 0 Å². The topological polar surface area (TPSA) is 63.5 Å². The number of rotatable bonds is 5. The second-order valence-electron chi connectivity index (χ2n) is 5.90. The van der Waals surface area contributed by atoms with Gasteiger partial charge in [0.25, 0.3) is 5.92 Å². The first-order chi connectivity index (χ1) is 12.0. The molecular formula is C18H15F2N3O2. The van der Waals surface area contributed by atoms with E-state index in [1.807, 2.05) is 24.3 Å². The summed E-state index contributed by atoms with van der Waals surface area (Å²) >= 11 is 0. The van der Waals surface area contributed by atoms with Crippen LogP contribution < -0.4 is 5.32 Å². The summed E-state index contributed by atoms with van der Waals surface area (Å²) in [6.07, 6.45) is -0.107. The van der Waals surface area contributed by atoms with E-state index in [1.54, 1.807) is 12.1 Å². The van der Waals surface area contributed by atoms with Gasteiger partial charge in [0, 0.05) is 18.2 Å². The summed E-state index contributed by atoms with van der Waals surface area (Å²) in [7, 11) is 0. The van der Waals surface area contributed by atoms with Gasteiger partial charge in [0.05, 0.1) is 17.9 Å². The van der Waals surface area contributed by atoms with Crippen molar-refractivity contribution >= 4 is 11.4 Å². The number of epoxide rings is 1. The SMILES string of the molecule is CC(F)(F)c1ccc(Nc2ccccc2-c2nnc(C3CO3)o2)cc1. The molecule has 7 heteroatoms. The van der Waals surface area contributed by atoms with Gasteiger partial charge in [-0.2, -0.15) is 0 Å². The molecule has 128 valence electrons. The normalized spacial score (nSPS) is 16.7. The van der Waals surface area contributed by atoms with E-state index in [0.717, 1.165) is 18.2 Å². The molecule has 0 radical (unpaired) electrons. The van der Waals surface area contributed by atoms with Crippen LogP contribution in [0.3, 0.4) is 0 Å². The Bertz CT molecular complexity index is 884. The molecule has 25 heavy (non-hydrogen) atoms. The number of para-hydroxylation sites is 1. The molecule has 5 nitrogen and oxygen atoms in total. The van der Waals surface area contributed by atoms with Crippen LogP contribution in [-0.4, -0.2) is 16.8 Å². The molecule has 0 spiro atoms. The summed E-state index contributed by atoms with van der Waals surface area (Å²) in [6, 6.07) is 13.5. The van der Waals surface area contributed by atoms with Crippen molar-refractivity contribution in [3.63, 3.8) is 0 Å². The van der Waals surface area contributed by atoms with Gasteiger partial charge in [-0.15, -0.1) is 10.2 Å². The number of alkyl halides is 2. The monoisotopic (exact) mass is 343 g/mol. The third-order valence-electron chi connectivity index (χ3n) is 3.88. The highest BCUT2D eigenvalue weighted by Gasteiger charge is 2.31. The Morgan fingerprint density at radius 2 is 1.80 bits per heavy atom. The van der Waals surface area contributed by atoms with E-state index < -0.39 is 5.92 Å². The third kappa shape index (κ3) is 3.36. The van der Waals surface area contributed by atoms with Gasteiger partial charge >= 0.3 is 0 Å². The molecule has 1 fully saturated rings. The molecular weight excluding hydrogens is 328 g/mol. The lowest BCUT2D eigenvalue weighted by molar-refractivity contribution is 0.0175. The van der Waals surface area contributed by atoms with E-state index in [2.05, 4.69) is 15.5 Å². The number of aromatic nitrogens is 2. The van der Waals surface area contributed by atoms with E-state index in [-0.39, 0.29) is 11.7 Å². The highest BCUT2D eigenvalue weighted by molar-refractivity contribution is 5.76. The van der Waals surface area contributed by atoms with Gasteiger partial charge in [-0.1, -0.05) is 24.3 Å². The van der Waals surface area contributed by atoms with Gasteiger partial charge in [0.2, 0.25) is 11.8 Å². The fourth-order valence-electron chi connectivity index (χ4n) is 2.44. The van der Waals surface area contributed by atoms with Crippen LogP contribution in [0.5, 0.6) is 0 Å². The smallest absolute Gasteiger partial charge is 0.270 e. The fraction of sp³-hybridized carbons (Fsp3) is 0.222. The molecule has 0 saturated carbocycles. The van der Waals surface area contributed by atoms with E-state index in [0.29, 0.717) is 24.1 Å². The molecule has 1 aliphatic heterocycles. The van der Waals surface area contributed by atoms with Crippen molar-refractivity contribution in [3.05, 3.63) is 60.0 Å². The van der Waals surface area contributed by atoms with Crippen LogP contribution in [0.2, 0.25) is 0 Å². The minimum Gasteiger partial charge on any atom is -0.418 e. The minimum atomic E-state index is -2.86. The number of hydrogen-bond donors (Lipinski definition) is 1. The lowest BCUT2D eigenvalue weighted by Gasteiger charge is -2.13. The zero-order valence-electron chi connectivity index (χ0n) is 13.4. The summed E-state index contributed by atoms with van der Waals surface area (Å²) in [5, 5.41) is 11.2. The predicted molar refractivity (Wildman–Crippen MR) is 87.7 cm³/mol. The summed E-state index contributed by atoms with van der Waals surface area (Å²) in [4.78, 5) is 0. The number of nitrogens with one attached hydrogen (secondary N) is 1. The Morgan fingerprint density at radius 1 is 1.08 bits per heavy atom. The van der Waals surface area contributed by atoms with Crippen LogP contribution >= 0.6 is 0 Å². The largest absolute Gasteiger partial charge is 0.418 e. The van der Waals surface area contributed by atoms with E-state index >= 15 is 0 Å². The van der Waals surface area contributed by atoms with Gasteiger partial charge in [0.1, 0.15) is 0 Å². The summed E-state index contributed by atoms with van der Waals surface area (Å²) in [5.41, 5.74) is 2.13. The van der Waals surface area contributed by atoms with Crippen LogP contribution in [0.4, 0.5) is 20.2 Å². The Labute approximate surface area is 142 Å². The molecule has 1 atom stereocenters. The van der Waals surface area contributed by atoms with Crippen LogP contribution in [0.25, 0.3) is 11.5 Å². The zero-order valence-corrected chi connectivity index (χ0v) is 13.4. The number of ether oxygens (including phenoxy) is 1. The molecule has 2 aromatic carbocycles. The van der Waals surface area contributed by atoms with Crippen molar-refractivity contribution in [1.82, 2.24) is 10.2 Å². The first-order valence-electron chi connectivity index (χ1n) is 7.80. The van der Waals surface area contributed by atoms with Gasteiger partial charge in [0.15, 0.2) is 6.10 Å². The number of benzene rings is 2. The van der Waals surface area contributed by atoms with E-state index in [9.17, 15) is 8.78 Å². The van der Waals surface area contributed by atoms with Crippen LogP contribution in [0.1, 0.15) is 24.5 Å². The first kappa shape index (κ1) is 15.7. The van der Waals surface area contributed by atoms with Crippen molar-refractivity contribution in [2.45, 2.75) is 19.0 Å². The van der Waals surface area contributed by atoms with Crippen LogP contribution in [-0.2, 0) is 10.7 Å². The third-order valence-corrected chi connectivity index (χ3v) is 3.88. The lowest BCUT2D eigenvalue weighted by atomic mass is 10.1. The van der Waals surface area contributed by atoms with Gasteiger partial charge < -0.3 is 14.5 Å². The number of nitrogens with zero attached hydrogens (tertiary/aromatic N) is 2. The van der Waals surface area contributed by atoms with Crippen molar-refractivity contribution in [1.29, 1.82) is 0 Å². The van der Waals surface area contributed by atoms with Crippen molar-refractivity contribution in [2.75, 3.05) is 11.9 Å². The highest BCUT2D eigenvalue weighted by Crippen LogP contribution is 2.34. The molecule has 0 amide bonds. The Balaban J connectivity index is 1.60. The van der Waals surface area contributed by atoms with Crippen molar-refractivity contribution < 1.29 is 17.9 Å². The van der Waals surface area contributed by atoms with Gasteiger partial charge in [-0.05, 0) is 24.3 Å². The molecule has 3 aromatic rings. The molecule has 0 aliphatic carbocycles. The average molecular weight is 343 g/mol. The molecule has 1 aromatic heterocycles. The Morgan fingerprint density at radius 3 is 2.48 bits per heavy atom. The lowest BCUT2D eigenvalue weighted by Crippen LogP contribution is -2.06. The number of anilines is 2. The molecule has 1 unspecified atom stereocenters. The average Bonchev–Trinajstić information content (AvgIpc) is 3.33. The second-order valence-corrected chi connectivity index (χ2v) is 5.90. The zero-order chi connectivity index (χ0) is 17.4. The maximum Gasteiger partial charge on any atom is 0.270 e.